The standard InChI is InChI=1S/C20H22N2O4/c1-3-26-18-7-5-4-6-17(18)20(24)21-14-12-19(23)22(13-14)15-8-10-16(25-2)11-9-15/h4-11,14H,3,12-13H2,1-2H3,(H,21,24)/t14-/m0/s1. The van der Waals surface area contributed by atoms with E-state index >= 15 is 0 Å². The average molecular weight is 354 g/mol. The van der Waals surface area contributed by atoms with Gasteiger partial charge in [0.2, 0.25) is 5.91 Å². The lowest BCUT2D eigenvalue weighted by Crippen LogP contribution is -2.37. The molecular formula is C20H22N2O4. The predicted molar refractivity (Wildman–Crippen MR) is 98.8 cm³/mol. The van der Waals surface area contributed by atoms with Gasteiger partial charge in [-0.15, -0.1) is 0 Å². The van der Waals surface area contributed by atoms with Crippen molar-refractivity contribution in [2.24, 2.45) is 0 Å². The molecule has 2 aromatic carbocycles. The first-order chi connectivity index (χ1) is 12.6. The number of amides is 2. The molecule has 0 aliphatic carbocycles. The maximum Gasteiger partial charge on any atom is 0.255 e. The van der Waals surface area contributed by atoms with E-state index in [-0.39, 0.29) is 24.3 Å². The molecule has 2 amide bonds. The van der Waals surface area contributed by atoms with Gasteiger partial charge in [0.1, 0.15) is 11.5 Å². The van der Waals surface area contributed by atoms with Crippen LogP contribution < -0.4 is 19.7 Å². The maximum atomic E-state index is 12.6. The fourth-order valence-electron chi connectivity index (χ4n) is 3.01. The van der Waals surface area contributed by atoms with Gasteiger partial charge in [-0.05, 0) is 43.3 Å². The van der Waals surface area contributed by atoms with Crippen LogP contribution >= 0.6 is 0 Å². The average Bonchev–Trinajstić information content (AvgIpc) is 3.02. The van der Waals surface area contributed by atoms with Gasteiger partial charge >= 0.3 is 0 Å². The summed E-state index contributed by atoms with van der Waals surface area (Å²) in [6.45, 7) is 2.79. The van der Waals surface area contributed by atoms with Gasteiger partial charge in [-0.25, -0.2) is 0 Å². The largest absolute Gasteiger partial charge is 0.497 e. The number of nitrogens with one attached hydrogen (secondary N) is 1. The Labute approximate surface area is 152 Å². The third-order valence-electron chi connectivity index (χ3n) is 4.28. The normalized spacial score (nSPS) is 16.5. The Kier molecular flexibility index (Phi) is 5.41. The second-order valence-corrected chi connectivity index (χ2v) is 6.01. The lowest BCUT2D eigenvalue weighted by Gasteiger charge is -2.18. The number of rotatable bonds is 6. The lowest BCUT2D eigenvalue weighted by molar-refractivity contribution is -0.117. The van der Waals surface area contributed by atoms with Crippen LogP contribution in [0.1, 0.15) is 23.7 Å². The molecule has 2 aromatic rings. The van der Waals surface area contributed by atoms with Crippen molar-refractivity contribution in [2.45, 2.75) is 19.4 Å². The first kappa shape index (κ1) is 17.8. The fourth-order valence-corrected chi connectivity index (χ4v) is 3.01. The minimum atomic E-state index is -0.244. The molecule has 1 heterocycles. The van der Waals surface area contributed by atoms with Gasteiger partial charge < -0.3 is 19.7 Å². The molecule has 1 aliphatic heterocycles. The molecular weight excluding hydrogens is 332 g/mol. The van der Waals surface area contributed by atoms with Crippen molar-refractivity contribution in [3.63, 3.8) is 0 Å². The number of hydrogen-bond acceptors (Lipinski definition) is 4. The fraction of sp³-hybridized carbons (Fsp3) is 0.300. The molecule has 0 saturated carbocycles. The summed E-state index contributed by atoms with van der Waals surface area (Å²) in [5, 5.41) is 2.94. The van der Waals surface area contributed by atoms with Crippen LogP contribution in [0.15, 0.2) is 48.5 Å². The van der Waals surface area contributed by atoms with E-state index in [1.165, 1.54) is 0 Å². The Balaban J connectivity index is 1.68. The van der Waals surface area contributed by atoms with E-state index in [1.807, 2.05) is 37.3 Å². The monoisotopic (exact) mass is 354 g/mol. The van der Waals surface area contributed by atoms with Crippen LogP contribution in [0.4, 0.5) is 5.69 Å². The molecule has 1 N–H and O–H groups in total. The summed E-state index contributed by atoms with van der Waals surface area (Å²) >= 11 is 0. The second kappa shape index (κ2) is 7.91. The van der Waals surface area contributed by atoms with Crippen LogP contribution in [0.2, 0.25) is 0 Å². The van der Waals surface area contributed by atoms with Crippen molar-refractivity contribution < 1.29 is 19.1 Å². The summed E-state index contributed by atoms with van der Waals surface area (Å²) in [5.41, 5.74) is 1.27. The molecule has 1 atom stereocenters. The Morgan fingerprint density at radius 1 is 1.19 bits per heavy atom. The highest BCUT2D eigenvalue weighted by atomic mass is 16.5. The van der Waals surface area contributed by atoms with Gasteiger partial charge in [0, 0.05) is 18.7 Å². The molecule has 1 saturated heterocycles. The molecule has 136 valence electrons. The van der Waals surface area contributed by atoms with E-state index < -0.39 is 0 Å². The van der Waals surface area contributed by atoms with E-state index in [1.54, 1.807) is 30.2 Å². The van der Waals surface area contributed by atoms with Gasteiger partial charge in [-0.2, -0.15) is 0 Å². The van der Waals surface area contributed by atoms with Crippen molar-refractivity contribution in [3.8, 4) is 11.5 Å². The summed E-state index contributed by atoms with van der Waals surface area (Å²) in [5.74, 6) is 1.03. The molecule has 0 aromatic heterocycles. The molecule has 0 spiro atoms. The van der Waals surface area contributed by atoms with Gasteiger partial charge in [0.25, 0.3) is 5.91 Å². The number of anilines is 1. The third-order valence-corrected chi connectivity index (χ3v) is 4.28. The van der Waals surface area contributed by atoms with Crippen LogP contribution in [-0.2, 0) is 4.79 Å². The number of para-hydroxylation sites is 1. The van der Waals surface area contributed by atoms with Crippen molar-refractivity contribution in [2.75, 3.05) is 25.2 Å². The third kappa shape index (κ3) is 3.79. The van der Waals surface area contributed by atoms with E-state index in [4.69, 9.17) is 9.47 Å². The highest BCUT2D eigenvalue weighted by Gasteiger charge is 2.32. The SMILES string of the molecule is CCOc1ccccc1C(=O)N[C@H]1CC(=O)N(c2ccc(OC)cc2)C1. The van der Waals surface area contributed by atoms with Crippen molar-refractivity contribution >= 4 is 17.5 Å². The van der Waals surface area contributed by atoms with E-state index in [2.05, 4.69) is 5.32 Å². The van der Waals surface area contributed by atoms with Gasteiger partial charge in [0.05, 0.1) is 25.3 Å². The zero-order valence-electron chi connectivity index (χ0n) is 14.9. The first-order valence-corrected chi connectivity index (χ1v) is 8.59. The van der Waals surface area contributed by atoms with Gasteiger partial charge in [-0.3, -0.25) is 9.59 Å². The summed E-state index contributed by atoms with van der Waals surface area (Å²) in [7, 11) is 1.60. The molecule has 1 fully saturated rings. The number of carbonyl (C=O) groups is 2. The van der Waals surface area contributed by atoms with E-state index in [0.717, 1.165) is 11.4 Å². The molecule has 26 heavy (non-hydrogen) atoms. The maximum absolute atomic E-state index is 12.6. The predicted octanol–water partition coefficient (Wildman–Crippen LogP) is 2.63. The molecule has 0 radical (unpaired) electrons. The van der Waals surface area contributed by atoms with Crippen LogP contribution in [0.5, 0.6) is 11.5 Å². The van der Waals surface area contributed by atoms with Gasteiger partial charge in [0.15, 0.2) is 0 Å². The molecule has 6 heteroatoms. The number of carbonyl (C=O) groups excluding carboxylic acids is 2. The van der Waals surface area contributed by atoms with Crippen molar-refractivity contribution in [1.82, 2.24) is 5.32 Å². The number of ether oxygens (including phenoxy) is 2. The van der Waals surface area contributed by atoms with Crippen molar-refractivity contribution in [1.29, 1.82) is 0 Å². The van der Waals surface area contributed by atoms with Crippen molar-refractivity contribution in [3.05, 3.63) is 54.1 Å². The molecule has 3 rings (SSSR count). The minimum absolute atomic E-state index is 0.0152. The van der Waals surface area contributed by atoms with E-state index in [0.29, 0.717) is 24.5 Å². The number of nitrogens with zero attached hydrogens (tertiary/aromatic N) is 1. The summed E-state index contributed by atoms with van der Waals surface area (Å²) in [6.07, 6.45) is 0.272. The summed E-state index contributed by atoms with van der Waals surface area (Å²) in [4.78, 5) is 26.6. The zero-order chi connectivity index (χ0) is 18.5. The number of methoxy groups -OCH3 is 1. The Morgan fingerprint density at radius 2 is 1.92 bits per heavy atom. The minimum Gasteiger partial charge on any atom is -0.497 e. The summed E-state index contributed by atoms with van der Waals surface area (Å²) < 4.78 is 10.6. The van der Waals surface area contributed by atoms with Gasteiger partial charge in [-0.1, -0.05) is 12.1 Å². The van der Waals surface area contributed by atoms with Crippen LogP contribution in [0.3, 0.4) is 0 Å². The molecule has 6 nitrogen and oxygen atoms in total. The number of hydrogen-bond donors (Lipinski definition) is 1. The molecule has 1 aliphatic rings. The first-order valence-electron chi connectivity index (χ1n) is 8.59. The second-order valence-electron chi connectivity index (χ2n) is 6.01. The van der Waals surface area contributed by atoms with E-state index in [9.17, 15) is 9.59 Å². The topological polar surface area (TPSA) is 67.9 Å². The van der Waals surface area contributed by atoms with Crippen LogP contribution in [0.25, 0.3) is 0 Å². The van der Waals surface area contributed by atoms with Crippen LogP contribution in [0, 0.1) is 0 Å². The Morgan fingerprint density at radius 3 is 2.62 bits per heavy atom. The smallest absolute Gasteiger partial charge is 0.255 e. The number of benzene rings is 2. The lowest BCUT2D eigenvalue weighted by atomic mass is 10.1. The van der Waals surface area contributed by atoms with Crippen LogP contribution in [-0.4, -0.2) is 38.1 Å². The molecule has 0 unspecified atom stereocenters. The Bertz CT molecular complexity index is 789. The molecule has 0 bridgehead atoms. The quantitative estimate of drug-likeness (QED) is 0.866. The highest BCUT2D eigenvalue weighted by Crippen LogP contribution is 2.25. The highest BCUT2D eigenvalue weighted by molar-refractivity contribution is 6.00. The summed E-state index contributed by atoms with van der Waals surface area (Å²) in [6, 6.07) is 14.2. The Hall–Kier alpha value is -3.02. The zero-order valence-corrected chi connectivity index (χ0v) is 14.9.